The molecular formula is C32H39FN4O3S. The number of rotatable bonds is 8. The van der Waals surface area contributed by atoms with Gasteiger partial charge in [-0.15, -0.1) is 11.3 Å². The van der Waals surface area contributed by atoms with Crippen LogP contribution >= 0.6 is 11.3 Å². The van der Waals surface area contributed by atoms with Gasteiger partial charge >= 0.3 is 6.09 Å². The molecule has 3 aliphatic rings. The maximum absolute atomic E-state index is 14.2. The smallest absolute Gasteiger partial charge is 0.408 e. The van der Waals surface area contributed by atoms with E-state index in [1.807, 2.05) is 5.38 Å². The van der Waals surface area contributed by atoms with Gasteiger partial charge in [-0.2, -0.15) is 0 Å². The monoisotopic (exact) mass is 578 g/mol. The van der Waals surface area contributed by atoms with Crippen molar-refractivity contribution in [2.75, 3.05) is 55.7 Å². The number of fused-ring (bicyclic) bond motifs is 2. The van der Waals surface area contributed by atoms with E-state index in [9.17, 15) is 19.1 Å². The van der Waals surface area contributed by atoms with E-state index in [0.29, 0.717) is 25.3 Å². The molecule has 1 saturated heterocycles. The number of piperazine rings is 1. The van der Waals surface area contributed by atoms with Gasteiger partial charge in [-0.3, -0.25) is 19.5 Å². The number of anilines is 2. The molecule has 0 unspecified atom stereocenters. The Kier molecular flexibility index (Phi) is 8.44. The summed E-state index contributed by atoms with van der Waals surface area (Å²) < 4.78 is 15.2. The number of nitrogens with zero attached hydrogens (tertiary/aromatic N) is 4. The summed E-state index contributed by atoms with van der Waals surface area (Å²) in [7, 11) is 0. The van der Waals surface area contributed by atoms with E-state index in [2.05, 4.69) is 34.1 Å². The number of carbonyl (C=O) groups is 2. The molecule has 1 saturated carbocycles. The van der Waals surface area contributed by atoms with Crippen LogP contribution in [0.5, 0.6) is 0 Å². The van der Waals surface area contributed by atoms with Crippen molar-refractivity contribution in [1.82, 2.24) is 9.80 Å². The number of aryl methyl sites for hydroxylation is 1. The number of amides is 2. The Morgan fingerprint density at radius 3 is 2.59 bits per heavy atom. The summed E-state index contributed by atoms with van der Waals surface area (Å²) in [6.45, 7) is 5.02. The van der Waals surface area contributed by atoms with E-state index in [1.165, 1.54) is 11.3 Å². The van der Waals surface area contributed by atoms with Gasteiger partial charge < -0.3 is 10.0 Å². The molecule has 0 spiro atoms. The Morgan fingerprint density at radius 2 is 1.80 bits per heavy atom. The molecule has 6 rings (SSSR count). The maximum atomic E-state index is 14.2. The molecule has 9 heteroatoms. The summed E-state index contributed by atoms with van der Waals surface area (Å²) in [4.78, 5) is 33.1. The van der Waals surface area contributed by atoms with Crippen molar-refractivity contribution in [3.63, 3.8) is 0 Å². The lowest BCUT2D eigenvalue weighted by Crippen LogP contribution is -2.47. The predicted octanol–water partition coefficient (Wildman–Crippen LogP) is 6.20. The quantitative estimate of drug-likeness (QED) is 0.345. The van der Waals surface area contributed by atoms with Crippen molar-refractivity contribution in [3.8, 4) is 0 Å². The van der Waals surface area contributed by atoms with Gasteiger partial charge in [0.1, 0.15) is 12.5 Å². The summed E-state index contributed by atoms with van der Waals surface area (Å²) in [5.74, 6) is 0.193. The average Bonchev–Trinajstić information content (AvgIpc) is 3.46. The van der Waals surface area contributed by atoms with Crippen LogP contribution in [-0.4, -0.2) is 72.8 Å². The standard InChI is InChI=1S/C32H39FN4O3S/c33-26-19-29(27-11-17-41-30(27)20-26)35-15-13-34(14-16-35)12-10-23-6-7-25-8-9-31(38)37(28(25)18-23)22-36(32(39)40)21-24-4-2-1-3-5-24/h6-7,11,17-20,24H,1-5,8-10,12-16,21-22H2,(H,39,40). The van der Waals surface area contributed by atoms with Crippen molar-refractivity contribution < 1.29 is 19.1 Å². The molecular weight excluding hydrogens is 539 g/mol. The Hall–Kier alpha value is -3.17. The first-order chi connectivity index (χ1) is 19.9. The zero-order valence-corrected chi connectivity index (χ0v) is 24.4. The fourth-order valence-corrected chi connectivity index (χ4v) is 7.55. The summed E-state index contributed by atoms with van der Waals surface area (Å²) in [6.07, 6.45) is 6.68. The van der Waals surface area contributed by atoms with Gasteiger partial charge in [-0.05, 0) is 72.4 Å². The molecule has 2 aliphatic heterocycles. The van der Waals surface area contributed by atoms with Crippen LogP contribution in [0.3, 0.4) is 0 Å². The van der Waals surface area contributed by atoms with E-state index in [1.54, 1.807) is 28.4 Å². The van der Waals surface area contributed by atoms with Gasteiger partial charge in [0.05, 0.1) is 0 Å². The van der Waals surface area contributed by atoms with Crippen LogP contribution in [0.25, 0.3) is 10.1 Å². The van der Waals surface area contributed by atoms with Crippen molar-refractivity contribution in [2.24, 2.45) is 5.92 Å². The van der Waals surface area contributed by atoms with Crippen molar-refractivity contribution in [2.45, 2.75) is 51.4 Å². The molecule has 1 aliphatic carbocycles. The highest BCUT2D eigenvalue weighted by molar-refractivity contribution is 7.17. The molecule has 218 valence electrons. The molecule has 2 aromatic carbocycles. The summed E-state index contributed by atoms with van der Waals surface area (Å²) in [5, 5.41) is 13.1. The van der Waals surface area contributed by atoms with E-state index in [-0.39, 0.29) is 18.4 Å². The first kappa shape index (κ1) is 28.0. The fourth-order valence-electron chi connectivity index (χ4n) is 6.72. The molecule has 1 N–H and O–H groups in total. The number of halogens is 1. The van der Waals surface area contributed by atoms with Crippen LogP contribution in [0, 0.1) is 11.7 Å². The third kappa shape index (κ3) is 6.36. The molecule has 2 fully saturated rings. The number of hydrogen-bond acceptors (Lipinski definition) is 5. The zero-order valence-electron chi connectivity index (χ0n) is 23.6. The van der Waals surface area contributed by atoms with Gasteiger partial charge in [0.15, 0.2) is 0 Å². The topological polar surface area (TPSA) is 67.3 Å². The highest BCUT2D eigenvalue weighted by Crippen LogP contribution is 2.33. The lowest BCUT2D eigenvalue weighted by molar-refractivity contribution is -0.119. The lowest BCUT2D eigenvalue weighted by Gasteiger charge is -2.37. The number of thiophene rings is 1. The van der Waals surface area contributed by atoms with Crippen LogP contribution < -0.4 is 9.80 Å². The summed E-state index contributed by atoms with van der Waals surface area (Å²) >= 11 is 1.57. The molecule has 1 aromatic heterocycles. The van der Waals surface area contributed by atoms with Crippen LogP contribution in [0.1, 0.15) is 49.7 Å². The van der Waals surface area contributed by atoms with Crippen molar-refractivity contribution in [1.29, 1.82) is 0 Å². The third-order valence-corrected chi connectivity index (χ3v) is 9.94. The second-order valence-electron chi connectivity index (χ2n) is 11.8. The minimum absolute atomic E-state index is 0.00209. The van der Waals surface area contributed by atoms with Crippen LogP contribution in [0.2, 0.25) is 0 Å². The van der Waals surface area contributed by atoms with Gasteiger partial charge in [-0.25, -0.2) is 9.18 Å². The molecule has 2 amide bonds. The first-order valence-electron chi connectivity index (χ1n) is 15.0. The number of carbonyl (C=O) groups excluding carboxylic acids is 1. The Labute approximate surface area is 245 Å². The second kappa shape index (κ2) is 12.4. The van der Waals surface area contributed by atoms with Crippen molar-refractivity contribution >= 4 is 44.8 Å². The Balaban J connectivity index is 1.08. The summed E-state index contributed by atoms with van der Waals surface area (Å²) in [6, 6.07) is 11.7. The Morgan fingerprint density at radius 1 is 1.00 bits per heavy atom. The van der Waals surface area contributed by atoms with E-state index >= 15 is 0 Å². The minimum atomic E-state index is -0.955. The zero-order chi connectivity index (χ0) is 28.3. The highest BCUT2D eigenvalue weighted by atomic mass is 32.1. The van der Waals surface area contributed by atoms with Gasteiger partial charge in [0.25, 0.3) is 0 Å². The fraction of sp³-hybridized carbons (Fsp3) is 0.500. The minimum Gasteiger partial charge on any atom is -0.465 e. The SMILES string of the molecule is O=C(O)N(CC1CCCCC1)CN1C(=O)CCc2ccc(CCN3CCN(c4cc(F)cc5sccc45)CC3)cc21. The molecule has 3 aromatic rings. The molecule has 7 nitrogen and oxygen atoms in total. The van der Waals surface area contributed by atoms with Crippen LogP contribution in [0.15, 0.2) is 41.8 Å². The molecule has 0 atom stereocenters. The van der Waals surface area contributed by atoms with Crippen LogP contribution in [0.4, 0.5) is 20.6 Å². The van der Waals surface area contributed by atoms with Gasteiger partial charge in [0, 0.05) is 67.2 Å². The van der Waals surface area contributed by atoms with E-state index in [4.69, 9.17) is 0 Å². The van der Waals surface area contributed by atoms with Crippen LogP contribution in [-0.2, 0) is 17.6 Å². The second-order valence-corrected chi connectivity index (χ2v) is 12.7. The largest absolute Gasteiger partial charge is 0.465 e. The number of hydrogen-bond donors (Lipinski definition) is 1. The first-order valence-corrected chi connectivity index (χ1v) is 15.9. The molecule has 41 heavy (non-hydrogen) atoms. The molecule has 0 radical (unpaired) electrons. The Bertz CT molecular complexity index is 1400. The number of carboxylic acid groups (broad SMARTS) is 1. The third-order valence-electron chi connectivity index (χ3n) is 9.08. The summed E-state index contributed by atoms with van der Waals surface area (Å²) in [5.41, 5.74) is 4.12. The van der Waals surface area contributed by atoms with Crippen molar-refractivity contribution in [3.05, 3.63) is 58.7 Å². The van der Waals surface area contributed by atoms with E-state index in [0.717, 1.165) is 97.4 Å². The van der Waals surface area contributed by atoms with Gasteiger partial charge in [0.2, 0.25) is 5.91 Å². The molecule has 0 bridgehead atoms. The lowest BCUT2D eigenvalue weighted by atomic mass is 9.89. The van der Waals surface area contributed by atoms with Gasteiger partial charge in [-0.1, -0.05) is 31.4 Å². The molecule has 3 heterocycles. The predicted molar refractivity (Wildman–Crippen MR) is 163 cm³/mol. The number of benzene rings is 2. The highest BCUT2D eigenvalue weighted by Gasteiger charge is 2.29. The maximum Gasteiger partial charge on any atom is 0.408 e. The normalized spacial score (nSPS) is 18.6. The van der Waals surface area contributed by atoms with E-state index < -0.39 is 6.09 Å². The average molecular weight is 579 g/mol.